The molecule has 3 aliphatic rings. The molecule has 0 bridgehead atoms. The Labute approximate surface area is 144 Å². The predicted molar refractivity (Wildman–Crippen MR) is 91.2 cm³/mol. The smallest absolute Gasteiger partial charge is 0.349 e. The Bertz CT molecular complexity index is 524. The minimum Gasteiger partial charge on any atom is -0.392 e. The van der Waals surface area contributed by atoms with Gasteiger partial charge in [0.1, 0.15) is 17.6 Å². The van der Waals surface area contributed by atoms with Crippen LogP contribution >= 0.6 is 11.8 Å². The summed E-state index contributed by atoms with van der Waals surface area (Å²) in [4.78, 5) is 0. The first kappa shape index (κ1) is 17.7. The van der Waals surface area contributed by atoms with E-state index in [4.69, 9.17) is 18.3 Å². The summed E-state index contributed by atoms with van der Waals surface area (Å²) >= 11 is 1.68. The molecule has 3 aliphatic heterocycles. The van der Waals surface area contributed by atoms with Crippen LogP contribution in [0.1, 0.15) is 48.5 Å². The summed E-state index contributed by atoms with van der Waals surface area (Å²) in [5, 5.41) is 9.36. The number of thioether (sulfide) groups is 1. The first-order chi connectivity index (χ1) is 10.4. The second-order valence-electron chi connectivity index (χ2n) is 8.81. The van der Waals surface area contributed by atoms with Crippen molar-refractivity contribution in [2.75, 3.05) is 6.61 Å². The van der Waals surface area contributed by atoms with Crippen LogP contribution in [0.15, 0.2) is 0 Å². The Morgan fingerprint density at radius 3 is 2.22 bits per heavy atom. The van der Waals surface area contributed by atoms with Gasteiger partial charge < -0.3 is 18.3 Å². The van der Waals surface area contributed by atoms with Gasteiger partial charge in [-0.15, -0.1) is 11.8 Å². The molecule has 0 aromatic rings. The van der Waals surface area contributed by atoms with E-state index in [1.54, 1.807) is 18.7 Å². The third-order valence-corrected chi connectivity index (χ3v) is 11.4. The van der Waals surface area contributed by atoms with Gasteiger partial charge in [-0.1, -0.05) is 41.5 Å². The number of fused-ring (bicyclic) bond motifs is 3. The molecule has 0 N–H and O–H groups in total. The van der Waals surface area contributed by atoms with Gasteiger partial charge in [0.05, 0.1) is 18.0 Å². The fourth-order valence-electron chi connectivity index (χ4n) is 4.09. The fourth-order valence-corrected chi connectivity index (χ4v) is 10.8. The number of hydrogen-bond donors (Lipinski definition) is 0. The molecule has 0 spiro atoms. The van der Waals surface area contributed by atoms with E-state index in [1.165, 1.54) is 0 Å². The van der Waals surface area contributed by atoms with Crippen molar-refractivity contribution < 1.29 is 18.3 Å². The predicted octanol–water partition coefficient (Wildman–Crippen LogP) is 3.54. The highest BCUT2D eigenvalue weighted by Crippen LogP contribution is 2.58. The number of nitriles is 1. The van der Waals surface area contributed by atoms with E-state index in [1.807, 2.05) is 0 Å². The summed E-state index contributed by atoms with van der Waals surface area (Å²) in [6, 6.07) is 2.11. The normalized spacial score (nSPS) is 42.9. The molecule has 7 heteroatoms. The quantitative estimate of drug-likeness (QED) is 0.618. The number of ether oxygens (including phenoxy) is 2. The van der Waals surface area contributed by atoms with E-state index in [0.29, 0.717) is 6.61 Å². The van der Waals surface area contributed by atoms with E-state index >= 15 is 0 Å². The average molecular weight is 358 g/mol. The molecule has 0 unspecified atom stereocenters. The van der Waals surface area contributed by atoms with Crippen LogP contribution < -0.4 is 0 Å². The molecule has 5 atom stereocenters. The summed E-state index contributed by atoms with van der Waals surface area (Å²) in [7, 11) is -2.52. The van der Waals surface area contributed by atoms with Crippen molar-refractivity contribution in [1.82, 2.24) is 0 Å². The molecule has 0 radical (unpaired) electrons. The van der Waals surface area contributed by atoms with Crippen LogP contribution in [-0.2, 0) is 18.3 Å². The van der Waals surface area contributed by atoms with E-state index < -0.39 is 14.3 Å². The van der Waals surface area contributed by atoms with E-state index in [9.17, 15) is 5.26 Å². The maximum Gasteiger partial charge on any atom is 0.349 e. The van der Waals surface area contributed by atoms with Crippen LogP contribution in [0.25, 0.3) is 0 Å². The maximum atomic E-state index is 9.27. The molecule has 23 heavy (non-hydrogen) atoms. The fraction of sp³-hybridized carbons (Fsp3) is 0.938. The third-order valence-electron chi connectivity index (χ3n) is 4.90. The molecule has 0 amide bonds. The van der Waals surface area contributed by atoms with Crippen LogP contribution in [-0.4, -0.2) is 43.8 Å². The van der Waals surface area contributed by atoms with Crippen LogP contribution in [0.2, 0.25) is 10.1 Å². The lowest BCUT2D eigenvalue weighted by molar-refractivity contribution is -0.131. The SMILES string of the molecule is CC(C)(C)[Si]1(C(C)(C)C)OC[C@H]2S[C@@H]3O[C@@](C)(C#N)O[C@@H]3[C@@H]2O1. The molecular weight excluding hydrogens is 330 g/mol. The molecule has 3 rings (SSSR count). The second kappa shape index (κ2) is 5.20. The van der Waals surface area contributed by atoms with Crippen LogP contribution in [0.3, 0.4) is 0 Å². The summed E-state index contributed by atoms with van der Waals surface area (Å²) in [5.41, 5.74) is -0.150. The summed E-state index contributed by atoms with van der Waals surface area (Å²) in [6.45, 7) is 15.6. The zero-order chi connectivity index (χ0) is 17.3. The van der Waals surface area contributed by atoms with Gasteiger partial charge in [0.15, 0.2) is 0 Å². The Morgan fingerprint density at radius 1 is 1.09 bits per heavy atom. The minimum absolute atomic E-state index is 0.0586. The van der Waals surface area contributed by atoms with Gasteiger partial charge in [0.2, 0.25) is 0 Å². The molecule has 0 saturated carbocycles. The first-order valence-corrected chi connectivity index (χ1v) is 10.9. The van der Waals surface area contributed by atoms with Crippen molar-refractivity contribution >= 4 is 20.3 Å². The molecule has 0 aliphatic carbocycles. The lowest BCUT2D eigenvalue weighted by Crippen LogP contribution is -2.65. The number of rotatable bonds is 0. The van der Waals surface area contributed by atoms with E-state index in [-0.39, 0.29) is 33.0 Å². The molecule has 130 valence electrons. The highest BCUT2D eigenvalue weighted by Gasteiger charge is 2.67. The molecule has 3 saturated heterocycles. The van der Waals surface area contributed by atoms with Gasteiger partial charge in [-0.3, -0.25) is 0 Å². The van der Waals surface area contributed by atoms with Crippen molar-refractivity contribution in [1.29, 1.82) is 5.26 Å². The van der Waals surface area contributed by atoms with Gasteiger partial charge in [-0.2, -0.15) is 5.26 Å². The third kappa shape index (κ3) is 2.59. The largest absolute Gasteiger partial charge is 0.392 e. The summed E-state index contributed by atoms with van der Waals surface area (Å²) in [5.74, 6) is -1.16. The van der Waals surface area contributed by atoms with Gasteiger partial charge >= 0.3 is 8.56 Å². The number of nitrogens with zero attached hydrogens (tertiary/aromatic N) is 1. The highest BCUT2D eigenvalue weighted by atomic mass is 32.2. The Kier molecular flexibility index (Phi) is 4.00. The molecular formula is C16H27NO4SSi. The van der Waals surface area contributed by atoms with Crippen LogP contribution in [0.5, 0.6) is 0 Å². The van der Waals surface area contributed by atoms with Crippen molar-refractivity contribution in [2.24, 2.45) is 0 Å². The van der Waals surface area contributed by atoms with E-state index in [0.717, 1.165) is 0 Å². The maximum absolute atomic E-state index is 9.27. The average Bonchev–Trinajstić information content (AvgIpc) is 2.89. The lowest BCUT2D eigenvalue weighted by atomic mass is 10.1. The lowest BCUT2D eigenvalue weighted by Gasteiger charge is -2.54. The van der Waals surface area contributed by atoms with Gasteiger partial charge in [0, 0.05) is 17.0 Å². The topological polar surface area (TPSA) is 60.7 Å². The van der Waals surface area contributed by atoms with E-state index in [2.05, 4.69) is 47.6 Å². The molecule has 3 heterocycles. The molecule has 5 nitrogen and oxygen atoms in total. The minimum atomic E-state index is -2.52. The molecule has 0 aromatic carbocycles. The van der Waals surface area contributed by atoms with Crippen LogP contribution in [0.4, 0.5) is 0 Å². The van der Waals surface area contributed by atoms with Gasteiger partial charge in [-0.05, 0) is 0 Å². The van der Waals surface area contributed by atoms with Crippen molar-refractivity contribution in [3.05, 3.63) is 0 Å². The summed E-state index contributed by atoms with van der Waals surface area (Å²) < 4.78 is 25.0. The highest BCUT2D eigenvalue weighted by molar-refractivity contribution is 8.00. The Hall–Kier alpha value is -0.103. The molecule has 3 fully saturated rings. The van der Waals surface area contributed by atoms with Crippen molar-refractivity contribution in [2.45, 2.75) is 87.2 Å². The van der Waals surface area contributed by atoms with Crippen molar-refractivity contribution in [3.8, 4) is 6.07 Å². The van der Waals surface area contributed by atoms with Crippen molar-refractivity contribution in [3.63, 3.8) is 0 Å². The summed E-state index contributed by atoms with van der Waals surface area (Å²) in [6.07, 6.45) is -0.269. The number of hydrogen-bond acceptors (Lipinski definition) is 6. The zero-order valence-electron chi connectivity index (χ0n) is 15.0. The van der Waals surface area contributed by atoms with Gasteiger partial charge in [-0.25, -0.2) is 0 Å². The second-order valence-corrected chi connectivity index (χ2v) is 14.9. The Balaban J connectivity index is 1.91. The first-order valence-electron chi connectivity index (χ1n) is 8.17. The Morgan fingerprint density at radius 2 is 1.70 bits per heavy atom. The van der Waals surface area contributed by atoms with Crippen LogP contribution in [0, 0.1) is 11.3 Å². The standard InChI is InChI=1S/C16H27NO4SSi/c1-14(2,3)23(15(4,5)6)18-8-10-11(21-23)12-13(22-10)20-16(7,9-17)19-12/h10-13H,8H2,1-7H3/t10-,11-,12-,13+,16+/m1/s1. The zero-order valence-corrected chi connectivity index (χ0v) is 16.8. The van der Waals surface area contributed by atoms with Gasteiger partial charge in [0.25, 0.3) is 5.79 Å². The monoisotopic (exact) mass is 357 g/mol. The molecule has 0 aromatic heterocycles.